The number of hydrogen-bond acceptors (Lipinski definition) is 6. The van der Waals surface area contributed by atoms with Crippen LogP contribution in [0.4, 0.5) is 4.79 Å². The average molecular weight is 388 g/mol. The van der Waals surface area contributed by atoms with Crippen molar-refractivity contribution in [2.24, 2.45) is 5.92 Å². The second-order valence-electron chi connectivity index (χ2n) is 8.05. The van der Waals surface area contributed by atoms with E-state index in [9.17, 15) is 9.59 Å². The van der Waals surface area contributed by atoms with Gasteiger partial charge >= 0.3 is 6.03 Å². The van der Waals surface area contributed by atoms with Crippen LogP contribution < -0.4 is 0 Å². The second-order valence-corrected chi connectivity index (χ2v) is 8.57. The summed E-state index contributed by atoms with van der Waals surface area (Å²) in [7, 11) is 1.61. The number of carbonyl (C=O) groups excluding carboxylic acids is 2. The van der Waals surface area contributed by atoms with Gasteiger partial charge in [-0.05, 0) is 36.5 Å². The molecular weight excluding hydrogens is 362 g/mol. The van der Waals surface area contributed by atoms with E-state index in [1.807, 2.05) is 11.0 Å². The Kier molecular flexibility index (Phi) is 4.63. The quantitative estimate of drug-likeness (QED) is 0.754. The standard InChI is InChI=1S/C19H25N5O2S/c1-13(2)11-24-18(26)22(3)17(25)19(24)6-8-23(9-7-19)12-14-4-5-15-16(10-14)21-27-20-15/h4-5,10,13H,6-9,11-12H2,1-3H3. The molecule has 4 rings (SSSR count). The van der Waals surface area contributed by atoms with Gasteiger partial charge in [0.1, 0.15) is 16.6 Å². The number of nitrogens with zero attached hydrogens (tertiary/aromatic N) is 5. The molecule has 2 fully saturated rings. The molecule has 0 unspecified atom stereocenters. The number of benzene rings is 1. The van der Waals surface area contributed by atoms with Crippen molar-refractivity contribution in [1.29, 1.82) is 0 Å². The van der Waals surface area contributed by atoms with Gasteiger partial charge < -0.3 is 4.90 Å². The zero-order chi connectivity index (χ0) is 19.2. The van der Waals surface area contributed by atoms with Crippen molar-refractivity contribution < 1.29 is 9.59 Å². The lowest BCUT2D eigenvalue weighted by molar-refractivity contribution is -0.135. The van der Waals surface area contributed by atoms with Gasteiger partial charge in [-0.3, -0.25) is 14.6 Å². The number of likely N-dealkylation sites (N-methyl/N-ethyl adjacent to an activating group) is 1. The molecule has 1 aromatic carbocycles. The van der Waals surface area contributed by atoms with Crippen LogP contribution in [0.2, 0.25) is 0 Å². The van der Waals surface area contributed by atoms with E-state index in [1.165, 1.54) is 22.2 Å². The van der Waals surface area contributed by atoms with Crippen LogP contribution in [0.1, 0.15) is 32.3 Å². The van der Waals surface area contributed by atoms with Crippen molar-refractivity contribution in [3.63, 3.8) is 0 Å². The summed E-state index contributed by atoms with van der Waals surface area (Å²) in [6.45, 7) is 7.22. The lowest BCUT2D eigenvalue weighted by Crippen LogP contribution is -2.57. The van der Waals surface area contributed by atoms with E-state index in [0.717, 1.165) is 30.7 Å². The summed E-state index contributed by atoms with van der Waals surface area (Å²) < 4.78 is 8.56. The normalized spacial score (nSPS) is 20.6. The molecule has 144 valence electrons. The van der Waals surface area contributed by atoms with Crippen molar-refractivity contribution in [2.45, 2.75) is 38.8 Å². The summed E-state index contributed by atoms with van der Waals surface area (Å²) in [5, 5.41) is 0. The van der Waals surface area contributed by atoms with E-state index in [1.54, 1.807) is 7.05 Å². The van der Waals surface area contributed by atoms with Crippen LogP contribution in [-0.4, -0.2) is 67.6 Å². The van der Waals surface area contributed by atoms with Crippen LogP contribution in [0.25, 0.3) is 11.0 Å². The molecule has 27 heavy (non-hydrogen) atoms. The first-order valence-electron chi connectivity index (χ1n) is 9.44. The Hall–Kier alpha value is -2.06. The molecule has 2 saturated heterocycles. The smallest absolute Gasteiger partial charge is 0.309 e. The van der Waals surface area contributed by atoms with Gasteiger partial charge in [0, 0.05) is 33.2 Å². The molecule has 7 nitrogen and oxygen atoms in total. The predicted molar refractivity (Wildman–Crippen MR) is 104 cm³/mol. The van der Waals surface area contributed by atoms with Gasteiger partial charge in [0.15, 0.2) is 0 Å². The van der Waals surface area contributed by atoms with Gasteiger partial charge in [0.25, 0.3) is 5.91 Å². The van der Waals surface area contributed by atoms with Crippen molar-refractivity contribution in [3.8, 4) is 0 Å². The summed E-state index contributed by atoms with van der Waals surface area (Å²) in [4.78, 5) is 31.0. The zero-order valence-electron chi connectivity index (χ0n) is 16.0. The van der Waals surface area contributed by atoms with Crippen LogP contribution in [0.5, 0.6) is 0 Å². The number of amides is 3. The van der Waals surface area contributed by atoms with E-state index in [0.29, 0.717) is 25.3 Å². The van der Waals surface area contributed by atoms with Crippen LogP contribution in [0, 0.1) is 5.92 Å². The Bertz CT molecular complexity index is 872. The Morgan fingerprint density at radius 3 is 2.56 bits per heavy atom. The summed E-state index contributed by atoms with van der Waals surface area (Å²) in [6.07, 6.45) is 1.38. The average Bonchev–Trinajstić information content (AvgIpc) is 3.18. The van der Waals surface area contributed by atoms with Crippen molar-refractivity contribution in [3.05, 3.63) is 23.8 Å². The first-order valence-corrected chi connectivity index (χ1v) is 10.2. The Morgan fingerprint density at radius 1 is 1.15 bits per heavy atom. The van der Waals surface area contributed by atoms with E-state index in [-0.39, 0.29) is 11.9 Å². The van der Waals surface area contributed by atoms with Gasteiger partial charge in [-0.2, -0.15) is 8.75 Å². The topological polar surface area (TPSA) is 69.6 Å². The molecule has 3 heterocycles. The SMILES string of the molecule is CC(C)CN1C(=O)N(C)C(=O)C12CCN(Cc1ccc3nsnc3c1)CC2. The minimum absolute atomic E-state index is 0.0391. The third-order valence-electron chi connectivity index (χ3n) is 5.69. The number of urea groups is 1. The molecule has 0 atom stereocenters. The molecule has 8 heteroatoms. The third kappa shape index (κ3) is 3.10. The van der Waals surface area contributed by atoms with Gasteiger partial charge in [-0.25, -0.2) is 4.79 Å². The number of fused-ring (bicyclic) bond motifs is 1. The summed E-state index contributed by atoms with van der Waals surface area (Å²) in [6, 6.07) is 6.05. The highest BCUT2D eigenvalue weighted by atomic mass is 32.1. The highest BCUT2D eigenvalue weighted by molar-refractivity contribution is 7.00. The van der Waals surface area contributed by atoms with Crippen LogP contribution in [0.15, 0.2) is 18.2 Å². The van der Waals surface area contributed by atoms with Crippen LogP contribution >= 0.6 is 11.7 Å². The molecule has 0 N–H and O–H groups in total. The number of piperidine rings is 1. The molecule has 0 aliphatic carbocycles. The minimum Gasteiger partial charge on any atom is -0.309 e. The maximum Gasteiger partial charge on any atom is 0.327 e. The molecule has 3 amide bonds. The molecular formula is C19H25N5O2S. The number of hydrogen-bond donors (Lipinski definition) is 0. The molecule has 2 aliphatic heterocycles. The summed E-state index contributed by atoms with van der Waals surface area (Å²) in [5.41, 5.74) is 2.42. The first kappa shape index (κ1) is 18.3. The molecule has 1 spiro atoms. The predicted octanol–water partition coefficient (Wildman–Crippen LogP) is 2.58. The van der Waals surface area contributed by atoms with E-state index < -0.39 is 5.54 Å². The van der Waals surface area contributed by atoms with Gasteiger partial charge in [-0.1, -0.05) is 19.9 Å². The fourth-order valence-electron chi connectivity index (χ4n) is 4.25. The number of likely N-dealkylation sites (tertiary alicyclic amines) is 1. The van der Waals surface area contributed by atoms with E-state index >= 15 is 0 Å². The fourth-order valence-corrected chi connectivity index (χ4v) is 4.76. The molecule has 2 aliphatic rings. The highest BCUT2D eigenvalue weighted by Crippen LogP contribution is 2.37. The maximum absolute atomic E-state index is 12.9. The molecule has 0 radical (unpaired) electrons. The lowest BCUT2D eigenvalue weighted by Gasteiger charge is -2.42. The molecule has 1 aromatic heterocycles. The Labute approximate surface area is 163 Å². The Morgan fingerprint density at radius 2 is 1.85 bits per heavy atom. The second kappa shape index (κ2) is 6.83. The third-order valence-corrected chi connectivity index (χ3v) is 6.25. The molecule has 0 saturated carbocycles. The molecule has 2 aromatic rings. The summed E-state index contributed by atoms with van der Waals surface area (Å²) >= 11 is 1.23. The summed E-state index contributed by atoms with van der Waals surface area (Å²) in [5.74, 6) is 0.296. The molecule has 0 bridgehead atoms. The lowest BCUT2D eigenvalue weighted by atomic mass is 9.85. The minimum atomic E-state index is -0.657. The number of carbonyl (C=O) groups is 2. The largest absolute Gasteiger partial charge is 0.327 e. The van der Waals surface area contributed by atoms with Crippen LogP contribution in [-0.2, 0) is 11.3 Å². The van der Waals surface area contributed by atoms with Gasteiger partial charge in [0.2, 0.25) is 0 Å². The van der Waals surface area contributed by atoms with Crippen molar-refractivity contribution in [2.75, 3.05) is 26.7 Å². The number of imide groups is 1. The maximum atomic E-state index is 12.9. The fraction of sp³-hybridized carbons (Fsp3) is 0.579. The number of rotatable bonds is 4. The monoisotopic (exact) mass is 387 g/mol. The number of aromatic nitrogens is 2. The van der Waals surface area contributed by atoms with Gasteiger partial charge in [-0.15, -0.1) is 0 Å². The van der Waals surface area contributed by atoms with Crippen LogP contribution in [0.3, 0.4) is 0 Å². The van der Waals surface area contributed by atoms with Crippen molar-refractivity contribution in [1.82, 2.24) is 23.4 Å². The van der Waals surface area contributed by atoms with Crippen molar-refractivity contribution >= 4 is 34.7 Å². The Balaban J connectivity index is 1.48. The van der Waals surface area contributed by atoms with E-state index in [4.69, 9.17) is 0 Å². The zero-order valence-corrected chi connectivity index (χ0v) is 16.8. The highest BCUT2D eigenvalue weighted by Gasteiger charge is 2.56. The van der Waals surface area contributed by atoms with Gasteiger partial charge in [0.05, 0.1) is 11.7 Å². The first-order chi connectivity index (χ1) is 12.9. The van der Waals surface area contributed by atoms with E-state index in [2.05, 4.69) is 39.6 Å².